The Bertz CT molecular complexity index is 785. The molecule has 2 aliphatic rings. The van der Waals surface area contributed by atoms with Crippen LogP contribution in [0.1, 0.15) is 34.1 Å². The van der Waals surface area contributed by atoms with E-state index in [9.17, 15) is 9.90 Å². The van der Waals surface area contributed by atoms with Crippen LogP contribution < -0.4 is 19.5 Å². The number of carbonyl (C=O) groups excluding carboxylic acids is 1. The lowest BCUT2D eigenvalue weighted by Crippen LogP contribution is -2.41. The van der Waals surface area contributed by atoms with Gasteiger partial charge in [0.25, 0.3) is 5.91 Å². The second-order valence-electron chi connectivity index (χ2n) is 6.43. The van der Waals surface area contributed by atoms with Gasteiger partial charge in [-0.15, -0.1) is 11.3 Å². The number of thiophene rings is 1. The van der Waals surface area contributed by atoms with Crippen molar-refractivity contribution in [1.82, 2.24) is 10.3 Å². The van der Waals surface area contributed by atoms with E-state index in [-0.39, 0.29) is 24.0 Å². The van der Waals surface area contributed by atoms with Crippen LogP contribution in [0.5, 0.6) is 17.4 Å². The molecule has 1 fully saturated rings. The summed E-state index contributed by atoms with van der Waals surface area (Å²) in [5.41, 5.74) is 0.888. The van der Waals surface area contributed by atoms with Crippen LogP contribution in [0.25, 0.3) is 0 Å². The molecule has 1 atom stereocenters. The topological polar surface area (TPSA) is 89.9 Å². The zero-order valence-electron chi connectivity index (χ0n) is 14.3. The highest BCUT2D eigenvalue weighted by Gasteiger charge is 2.37. The number of rotatable bonds is 5. The number of nitrogens with zero attached hydrogens (tertiary/aromatic N) is 1. The lowest BCUT2D eigenvalue weighted by Gasteiger charge is -2.38. The Balaban J connectivity index is 1.56. The normalized spacial score (nSPS) is 22.2. The third-order valence-electron chi connectivity index (χ3n) is 4.74. The summed E-state index contributed by atoms with van der Waals surface area (Å²) in [6.45, 7) is 0.926. The van der Waals surface area contributed by atoms with Gasteiger partial charge in [0, 0.05) is 17.6 Å². The maximum absolute atomic E-state index is 12.9. The Kier molecular flexibility index (Phi) is 4.69. The number of carbonyl (C=O) groups is 1. The SMILES string of the molecule is COc1ccc(C(NC(=O)c2scc3c2OCCO3)C2CC(O)C2)cn1. The molecule has 8 heteroatoms. The second-order valence-corrected chi connectivity index (χ2v) is 7.31. The molecule has 0 radical (unpaired) electrons. The van der Waals surface area contributed by atoms with Crippen molar-refractivity contribution in [2.45, 2.75) is 25.0 Å². The summed E-state index contributed by atoms with van der Waals surface area (Å²) in [6, 6.07) is 3.44. The van der Waals surface area contributed by atoms with E-state index in [4.69, 9.17) is 14.2 Å². The highest BCUT2D eigenvalue weighted by molar-refractivity contribution is 7.12. The molecule has 0 bridgehead atoms. The summed E-state index contributed by atoms with van der Waals surface area (Å²) in [5.74, 6) is 1.61. The van der Waals surface area contributed by atoms with Crippen molar-refractivity contribution in [3.8, 4) is 17.4 Å². The number of aromatic nitrogens is 1. The van der Waals surface area contributed by atoms with Crippen LogP contribution in [0.2, 0.25) is 0 Å². The van der Waals surface area contributed by atoms with Crippen molar-refractivity contribution in [2.75, 3.05) is 20.3 Å². The number of nitrogens with one attached hydrogen (secondary N) is 1. The largest absolute Gasteiger partial charge is 0.485 e. The van der Waals surface area contributed by atoms with Crippen LogP contribution in [-0.2, 0) is 0 Å². The fraction of sp³-hybridized carbons (Fsp3) is 0.444. The van der Waals surface area contributed by atoms with E-state index in [0.717, 1.165) is 5.56 Å². The van der Waals surface area contributed by atoms with E-state index >= 15 is 0 Å². The number of fused-ring (bicyclic) bond motifs is 1. The zero-order chi connectivity index (χ0) is 18.1. The lowest BCUT2D eigenvalue weighted by molar-refractivity contribution is 0.0234. The number of ether oxygens (including phenoxy) is 3. The molecule has 26 heavy (non-hydrogen) atoms. The van der Waals surface area contributed by atoms with Crippen LogP contribution >= 0.6 is 11.3 Å². The second kappa shape index (κ2) is 7.13. The third kappa shape index (κ3) is 3.22. The van der Waals surface area contributed by atoms with Gasteiger partial charge >= 0.3 is 0 Å². The van der Waals surface area contributed by atoms with Crippen LogP contribution in [-0.4, -0.2) is 42.4 Å². The van der Waals surface area contributed by atoms with E-state index in [2.05, 4.69) is 10.3 Å². The molecule has 1 amide bonds. The van der Waals surface area contributed by atoms with Crippen LogP contribution in [0.4, 0.5) is 0 Å². The van der Waals surface area contributed by atoms with Crippen molar-refractivity contribution in [2.24, 2.45) is 5.92 Å². The van der Waals surface area contributed by atoms with Gasteiger partial charge in [-0.1, -0.05) is 6.07 Å². The predicted octanol–water partition coefficient (Wildman–Crippen LogP) is 2.16. The first-order valence-corrected chi connectivity index (χ1v) is 9.39. The highest BCUT2D eigenvalue weighted by atomic mass is 32.1. The summed E-state index contributed by atoms with van der Waals surface area (Å²) < 4.78 is 16.2. The van der Waals surface area contributed by atoms with Gasteiger partial charge < -0.3 is 24.6 Å². The van der Waals surface area contributed by atoms with Gasteiger partial charge in [-0.05, 0) is 24.3 Å². The van der Waals surface area contributed by atoms with Gasteiger partial charge in [-0.25, -0.2) is 4.98 Å². The Morgan fingerprint density at radius 3 is 2.88 bits per heavy atom. The number of aliphatic hydroxyl groups is 1. The molecule has 2 N–H and O–H groups in total. The molecule has 0 aromatic carbocycles. The summed E-state index contributed by atoms with van der Waals surface area (Å²) >= 11 is 1.31. The Labute approximate surface area is 154 Å². The van der Waals surface area contributed by atoms with Gasteiger partial charge in [0.2, 0.25) is 5.88 Å². The summed E-state index contributed by atoms with van der Waals surface area (Å²) in [7, 11) is 1.56. The molecule has 1 unspecified atom stereocenters. The minimum atomic E-state index is -0.308. The molecular weight excluding hydrogens is 356 g/mol. The van der Waals surface area contributed by atoms with E-state index in [1.165, 1.54) is 11.3 Å². The highest BCUT2D eigenvalue weighted by Crippen LogP contribution is 2.41. The number of pyridine rings is 1. The lowest BCUT2D eigenvalue weighted by atomic mass is 9.75. The van der Waals surface area contributed by atoms with E-state index < -0.39 is 0 Å². The molecule has 2 aromatic rings. The maximum atomic E-state index is 12.9. The number of aliphatic hydroxyl groups excluding tert-OH is 1. The molecule has 4 rings (SSSR count). The first kappa shape index (κ1) is 17.1. The number of hydrogen-bond acceptors (Lipinski definition) is 7. The van der Waals surface area contributed by atoms with Gasteiger partial charge in [0.1, 0.15) is 18.1 Å². The summed E-state index contributed by atoms with van der Waals surface area (Å²) in [4.78, 5) is 17.6. The Morgan fingerprint density at radius 2 is 2.19 bits per heavy atom. The molecule has 1 aliphatic heterocycles. The monoisotopic (exact) mass is 376 g/mol. The predicted molar refractivity (Wildman–Crippen MR) is 95.0 cm³/mol. The zero-order valence-corrected chi connectivity index (χ0v) is 15.1. The van der Waals surface area contributed by atoms with Gasteiger partial charge in [0.05, 0.1) is 19.3 Å². The smallest absolute Gasteiger partial charge is 0.265 e. The fourth-order valence-corrected chi connectivity index (χ4v) is 4.13. The summed E-state index contributed by atoms with van der Waals surface area (Å²) in [6.07, 6.45) is 2.70. The molecule has 7 nitrogen and oxygen atoms in total. The Morgan fingerprint density at radius 1 is 1.38 bits per heavy atom. The van der Waals surface area contributed by atoms with E-state index in [1.54, 1.807) is 24.8 Å². The average Bonchev–Trinajstić information content (AvgIpc) is 3.08. The van der Waals surface area contributed by atoms with Crippen LogP contribution in [0.15, 0.2) is 23.7 Å². The number of amides is 1. The van der Waals surface area contributed by atoms with Crippen molar-refractivity contribution in [3.63, 3.8) is 0 Å². The molecule has 2 aromatic heterocycles. The molecule has 0 spiro atoms. The van der Waals surface area contributed by atoms with Gasteiger partial charge in [-0.3, -0.25) is 4.79 Å². The van der Waals surface area contributed by atoms with E-state index in [0.29, 0.717) is 48.3 Å². The van der Waals surface area contributed by atoms with Crippen molar-refractivity contribution >= 4 is 17.2 Å². The Hall–Kier alpha value is -2.32. The third-order valence-corrected chi connectivity index (χ3v) is 5.68. The number of hydrogen-bond donors (Lipinski definition) is 2. The fourth-order valence-electron chi connectivity index (χ4n) is 3.30. The molecule has 0 saturated heterocycles. The standard InChI is InChI=1S/C18H20N2O5S/c1-23-14-3-2-10(8-19-14)15(11-6-12(21)7-11)20-18(22)17-16-13(9-26-17)24-4-5-25-16/h2-3,8-9,11-12,15,21H,4-7H2,1H3,(H,20,22). The van der Waals surface area contributed by atoms with Gasteiger partial charge in [-0.2, -0.15) is 0 Å². The van der Waals surface area contributed by atoms with Crippen LogP contribution in [0, 0.1) is 5.92 Å². The van der Waals surface area contributed by atoms with E-state index in [1.807, 2.05) is 6.07 Å². The number of methoxy groups -OCH3 is 1. The maximum Gasteiger partial charge on any atom is 0.265 e. The minimum absolute atomic E-state index is 0.164. The van der Waals surface area contributed by atoms with Gasteiger partial charge in [0.15, 0.2) is 11.5 Å². The van der Waals surface area contributed by atoms with Crippen molar-refractivity contribution in [1.29, 1.82) is 0 Å². The molecular formula is C18H20N2O5S. The van der Waals surface area contributed by atoms with Crippen molar-refractivity contribution < 1.29 is 24.1 Å². The van der Waals surface area contributed by atoms with Crippen LogP contribution in [0.3, 0.4) is 0 Å². The molecule has 1 aliphatic carbocycles. The minimum Gasteiger partial charge on any atom is -0.485 e. The van der Waals surface area contributed by atoms with Crippen molar-refractivity contribution in [3.05, 3.63) is 34.2 Å². The molecule has 1 saturated carbocycles. The first-order valence-electron chi connectivity index (χ1n) is 8.51. The summed E-state index contributed by atoms with van der Waals surface area (Å²) in [5, 5.41) is 14.6. The average molecular weight is 376 g/mol. The molecule has 138 valence electrons. The first-order chi connectivity index (χ1) is 12.7. The quantitative estimate of drug-likeness (QED) is 0.831. The molecule has 3 heterocycles.